The largest absolute Gasteiger partial charge is 0.378 e. The summed E-state index contributed by atoms with van der Waals surface area (Å²) in [7, 11) is 0.590. The molecular formula is C4H11N2PS. The van der Waals surface area contributed by atoms with Crippen molar-refractivity contribution in [1.82, 2.24) is 0 Å². The van der Waals surface area contributed by atoms with Crippen LogP contribution in [0.3, 0.4) is 0 Å². The van der Waals surface area contributed by atoms with Crippen molar-refractivity contribution in [2.45, 2.75) is 6.92 Å². The number of rotatable bonds is 2. The minimum absolute atomic E-state index is 0.590. The van der Waals surface area contributed by atoms with Gasteiger partial charge in [-0.1, -0.05) is 18.7 Å². The fraction of sp³-hybridized carbons (Fsp3) is 0.750. The molecule has 0 amide bonds. The van der Waals surface area contributed by atoms with Crippen LogP contribution in [-0.2, 0) is 0 Å². The van der Waals surface area contributed by atoms with Crippen LogP contribution >= 0.6 is 20.5 Å². The molecule has 0 rings (SSSR count). The first-order valence-corrected chi connectivity index (χ1v) is 4.87. The van der Waals surface area contributed by atoms with Gasteiger partial charge in [0.15, 0.2) is 5.17 Å². The van der Waals surface area contributed by atoms with E-state index in [0.717, 1.165) is 5.75 Å². The zero-order valence-electron chi connectivity index (χ0n) is 5.14. The number of nitrogens with zero attached hydrogens (tertiary/aromatic N) is 1. The van der Waals surface area contributed by atoms with E-state index in [0.29, 0.717) is 13.9 Å². The maximum Gasteiger partial charge on any atom is 0.157 e. The van der Waals surface area contributed by atoms with Gasteiger partial charge in [-0.05, 0) is 12.4 Å². The van der Waals surface area contributed by atoms with Gasteiger partial charge in [-0.25, -0.2) is 4.76 Å². The van der Waals surface area contributed by atoms with Crippen molar-refractivity contribution in [3.63, 3.8) is 0 Å². The van der Waals surface area contributed by atoms with E-state index in [1.54, 1.807) is 11.8 Å². The highest BCUT2D eigenvalue weighted by Crippen LogP contribution is 2.07. The maximum atomic E-state index is 5.41. The van der Waals surface area contributed by atoms with Crippen molar-refractivity contribution in [3.05, 3.63) is 0 Å². The number of thioether (sulfide) groups is 1. The minimum Gasteiger partial charge on any atom is -0.378 e. The molecule has 0 aliphatic heterocycles. The molecule has 0 aliphatic carbocycles. The average molecular weight is 150 g/mol. The number of hydrogen-bond acceptors (Lipinski definition) is 2. The Labute approximate surface area is 56.2 Å². The van der Waals surface area contributed by atoms with Crippen molar-refractivity contribution >= 4 is 25.7 Å². The molecule has 48 valence electrons. The van der Waals surface area contributed by atoms with Crippen LogP contribution in [0.1, 0.15) is 6.92 Å². The lowest BCUT2D eigenvalue weighted by Gasteiger charge is -1.92. The number of nitrogens with two attached hydrogens (primary N) is 1. The topological polar surface area (TPSA) is 38.4 Å². The third-order valence-corrected chi connectivity index (χ3v) is 1.82. The van der Waals surface area contributed by atoms with Crippen LogP contribution in [0.15, 0.2) is 4.76 Å². The van der Waals surface area contributed by atoms with Crippen LogP contribution in [0.5, 0.6) is 0 Å². The third-order valence-electron chi connectivity index (χ3n) is 0.514. The minimum atomic E-state index is 0.590. The summed E-state index contributed by atoms with van der Waals surface area (Å²) < 4.78 is 4.00. The summed E-state index contributed by atoms with van der Waals surface area (Å²) in [6, 6.07) is 0. The molecule has 1 unspecified atom stereocenters. The van der Waals surface area contributed by atoms with Crippen molar-refractivity contribution < 1.29 is 0 Å². The summed E-state index contributed by atoms with van der Waals surface area (Å²) in [5, 5.41) is 0.716. The van der Waals surface area contributed by atoms with Crippen LogP contribution in [-0.4, -0.2) is 17.6 Å². The van der Waals surface area contributed by atoms with Crippen molar-refractivity contribution in [3.8, 4) is 0 Å². The summed E-state index contributed by atoms with van der Waals surface area (Å²) in [4.78, 5) is 0. The standard InChI is InChI=1S/C4H11N2PS/c1-3-8-4(5)6-7-2/h7H,3H2,1-2H3,(H2,5,6). The van der Waals surface area contributed by atoms with Crippen LogP contribution in [0.25, 0.3) is 0 Å². The summed E-state index contributed by atoms with van der Waals surface area (Å²) in [5.41, 5.74) is 5.41. The summed E-state index contributed by atoms with van der Waals surface area (Å²) >= 11 is 1.59. The molecule has 0 fully saturated rings. The molecule has 1 atom stereocenters. The Hall–Kier alpha value is 0.250. The Morgan fingerprint density at radius 1 is 1.88 bits per heavy atom. The van der Waals surface area contributed by atoms with Crippen molar-refractivity contribution in [2.75, 3.05) is 12.4 Å². The summed E-state index contributed by atoms with van der Waals surface area (Å²) in [5.74, 6) is 1.01. The molecule has 0 radical (unpaired) electrons. The van der Waals surface area contributed by atoms with Gasteiger partial charge in [0.25, 0.3) is 0 Å². The van der Waals surface area contributed by atoms with Crippen molar-refractivity contribution in [2.24, 2.45) is 10.5 Å². The van der Waals surface area contributed by atoms with Gasteiger partial charge in [0, 0.05) is 8.73 Å². The van der Waals surface area contributed by atoms with Crippen molar-refractivity contribution in [1.29, 1.82) is 0 Å². The summed E-state index contributed by atoms with van der Waals surface area (Å²) in [6.45, 7) is 4.06. The second kappa shape index (κ2) is 5.39. The lowest BCUT2D eigenvalue weighted by molar-refractivity contribution is 1.53. The van der Waals surface area contributed by atoms with Crippen LogP contribution in [0.2, 0.25) is 0 Å². The van der Waals surface area contributed by atoms with Gasteiger partial charge in [-0.2, -0.15) is 0 Å². The van der Waals surface area contributed by atoms with E-state index >= 15 is 0 Å². The monoisotopic (exact) mass is 150 g/mol. The van der Waals surface area contributed by atoms with E-state index in [2.05, 4.69) is 11.7 Å². The quantitative estimate of drug-likeness (QED) is 0.366. The zero-order chi connectivity index (χ0) is 6.41. The van der Waals surface area contributed by atoms with E-state index in [1.807, 2.05) is 6.66 Å². The Morgan fingerprint density at radius 3 is 2.88 bits per heavy atom. The zero-order valence-corrected chi connectivity index (χ0v) is 6.96. The van der Waals surface area contributed by atoms with E-state index in [9.17, 15) is 0 Å². The molecule has 0 aromatic carbocycles. The molecule has 2 N–H and O–H groups in total. The highest BCUT2D eigenvalue weighted by molar-refractivity contribution is 8.13. The highest BCUT2D eigenvalue weighted by atomic mass is 32.2. The molecule has 0 aromatic rings. The van der Waals surface area contributed by atoms with E-state index in [1.165, 1.54) is 0 Å². The Kier molecular flexibility index (Phi) is 5.56. The van der Waals surface area contributed by atoms with Gasteiger partial charge in [-0.3, -0.25) is 0 Å². The summed E-state index contributed by atoms with van der Waals surface area (Å²) in [6.07, 6.45) is 0. The van der Waals surface area contributed by atoms with E-state index < -0.39 is 0 Å². The van der Waals surface area contributed by atoms with Gasteiger partial charge < -0.3 is 5.73 Å². The Balaban J connectivity index is 3.29. The van der Waals surface area contributed by atoms with Gasteiger partial charge in [0.1, 0.15) is 0 Å². The van der Waals surface area contributed by atoms with Crippen LogP contribution in [0.4, 0.5) is 0 Å². The fourth-order valence-electron chi connectivity index (χ4n) is 0.290. The molecule has 4 heteroatoms. The Morgan fingerprint density at radius 2 is 2.50 bits per heavy atom. The van der Waals surface area contributed by atoms with E-state index in [-0.39, 0.29) is 0 Å². The third kappa shape index (κ3) is 4.41. The van der Waals surface area contributed by atoms with Crippen LogP contribution < -0.4 is 5.73 Å². The van der Waals surface area contributed by atoms with Gasteiger partial charge >= 0.3 is 0 Å². The molecule has 0 aromatic heterocycles. The second-order valence-corrected chi connectivity index (χ2v) is 3.06. The molecule has 2 nitrogen and oxygen atoms in total. The molecule has 0 bridgehead atoms. The molecular weight excluding hydrogens is 139 g/mol. The lowest BCUT2D eigenvalue weighted by Crippen LogP contribution is -2.04. The molecule has 0 saturated heterocycles. The first kappa shape index (κ1) is 8.25. The Bertz CT molecular complexity index is 84.1. The number of hydrogen-bond donors (Lipinski definition) is 1. The van der Waals surface area contributed by atoms with Gasteiger partial charge in [0.05, 0.1) is 0 Å². The number of amidine groups is 1. The first-order valence-electron chi connectivity index (χ1n) is 2.44. The second-order valence-electron chi connectivity index (χ2n) is 1.11. The molecule has 0 aliphatic rings. The predicted molar refractivity (Wildman–Crippen MR) is 44.0 cm³/mol. The highest BCUT2D eigenvalue weighted by Gasteiger charge is 1.84. The smallest absolute Gasteiger partial charge is 0.157 e. The maximum absolute atomic E-state index is 5.41. The van der Waals surface area contributed by atoms with Crippen LogP contribution in [0, 0.1) is 0 Å². The lowest BCUT2D eigenvalue weighted by atomic mass is 11.0. The average Bonchev–Trinajstić information content (AvgIpc) is 1.68. The van der Waals surface area contributed by atoms with Gasteiger partial charge in [0.2, 0.25) is 0 Å². The molecule has 8 heavy (non-hydrogen) atoms. The molecule has 0 saturated carbocycles. The molecule has 0 heterocycles. The fourth-order valence-corrected chi connectivity index (χ4v) is 1.34. The van der Waals surface area contributed by atoms with Gasteiger partial charge in [-0.15, -0.1) is 0 Å². The van der Waals surface area contributed by atoms with E-state index in [4.69, 9.17) is 5.73 Å². The first-order chi connectivity index (χ1) is 3.81. The predicted octanol–water partition coefficient (Wildman–Crippen LogP) is 1.28. The molecule has 0 spiro atoms. The SMILES string of the molecule is CCS/C(N)=N/PC. The normalized spacial score (nSPS) is 13.5.